The maximum atomic E-state index is 14.8. The molecule has 2 aromatic rings. The van der Waals surface area contributed by atoms with Gasteiger partial charge in [0.15, 0.2) is 11.9 Å². The minimum absolute atomic E-state index is 0.00383. The monoisotopic (exact) mass is 2020 g/mol. The summed E-state index contributed by atoms with van der Waals surface area (Å²) in [5, 5.41) is 120. The van der Waals surface area contributed by atoms with Crippen LogP contribution in [0.15, 0.2) is 48.5 Å². The SMILES string of the molecule is CSCC[C@H](NC(=O)[C@H](CO)NC(=O)[C@@H](CCCNC(=N)N)NC(=O)[C@H](CC(C)C)NC(=O)[C@H](CCCCN)NC(=O)[C@H](CCCCN)NC(=O)[C@H](CCC(N)=O)NC(=O)[C@H](Cc1ccc(O)cc1)NC(=O)CNC(=O)[C@@H](N)CCSC)C(=O)N[C@H](C(=O)N[C@@H](CC(=O)O)C(=O)N[C@@H](CCCCN)C(=O)N[C@@H](Cc1ccc(O)cc1)C(=O)N[C@@H](CCCNC(=N)N)C(=O)N[C@@H](CC(C)C)C(=O)O)[C@@H](C)O. The van der Waals surface area contributed by atoms with Crippen LogP contribution in [0, 0.1) is 22.7 Å². The van der Waals surface area contributed by atoms with Crippen LogP contribution in [0.25, 0.3) is 0 Å². The number of carbonyl (C=O) groups excluding carboxylic acids is 16. The van der Waals surface area contributed by atoms with Crippen LogP contribution in [-0.2, 0) is 99.1 Å². The van der Waals surface area contributed by atoms with Gasteiger partial charge in [-0.05, 0) is 213 Å². The van der Waals surface area contributed by atoms with Gasteiger partial charge < -0.3 is 161 Å². The van der Waals surface area contributed by atoms with E-state index in [4.69, 9.17) is 51.0 Å². The van der Waals surface area contributed by atoms with E-state index < -0.39 is 253 Å². The van der Waals surface area contributed by atoms with Gasteiger partial charge in [-0.3, -0.25) is 92.3 Å². The van der Waals surface area contributed by atoms with Gasteiger partial charge in [-0.1, -0.05) is 52.0 Å². The Kier molecular flexibility index (Phi) is 59.8. The Morgan fingerprint density at radius 3 is 1.04 bits per heavy atom. The summed E-state index contributed by atoms with van der Waals surface area (Å²) >= 11 is 2.62. The number of carboxylic acid groups (broad SMARTS) is 2. The van der Waals surface area contributed by atoms with E-state index in [2.05, 4.69) is 90.4 Å². The van der Waals surface area contributed by atoms with Crippen LogP contribution >= 0.6 is 23.5 Å². The van der Waals surface area contributed by atoms with Crippen molar-refractivity contribution in [2.45, 2.75) is 273 Å². The summed E-state index contributed by atoms with van der Waals surface area (Å²) in [6.07, 6.45) is -0.772. The first-order chi connectivity index (χ1) is 66.2. The Hall–Kier alpha value is -12.5. The first-order valence-corrected chi connectivity index (χ1v) is 49.1. The summed E-state index contributed by atoms with van der Waals surface area (Å²) in [5.74, 6) is -20.8. The van der Waals surface area contributed by atoms with Gasteiger partial charge in [0.1, 0.15) is 96.1 Å². The number of carboxylic acids is 2. The second-order valence-corrected chi connectivity index (χ2v) is 36.4. The third-order valence-electron chi connectivity index (χ3n) is 21.5. The highest BCUT2D eigenvalue weighted by Crippen LogP contribution is 2.19. The van der Waals surface area contributed by atoms with Crippen LogP contribution in [-0.4, -0.2) is 316 Å². The van der Waals surface area contributed by atoms with E-state index in [1.54, 1.807) is 34.0 Å². The lowest BCUT2D eigenvalue weighted by molar-refractivity contribution is -0.143. The number of unbranched alkanes of at least 4 members (excludes halogenated alkanes) is 3. The van der Waals surface area contributed by atoms with Crippen LogP contribution in [0.5, 0.6) is 11.5 Å². The Morgan fingerprint density at radius 2 is 0.679 bits per heavy atom. The lowest BCUT2D eigenvalue weighted by atomic mass is 10.0. The highest BCUT2D eigenvalue weighted by Gasteiger charge is 2.40. The van der Waals surface area contributed by atoms with E-state index in [1.165, 1.54) is 72.1 Å². The number of aliphatic hydroxyl groups is 2. The van der Waals surface area contributed by atoms with Crippen LogP contribution in [0.1, 0.15) is 174 Å². The van der Waals surface area contributed by atoms with Crippen molar-refractivity contribution in [2.24, 2.45) is 52.0 Å². The second kappa shape index (κ2) is 67.7. The number of phenolic OH excluding ortho intramolecular Hbond substituents is 2. The zero-order valence-electron chi connectivity index (χ0n) is 80.3. The maximum absolute atomic E-state index is 14.8. The molecule has 2 aromatic carbocycles. The van der Waals surface area contributed by atoms with E-state index in [-0.39, 0.29) is 159 Å². The Balaban J connectivity index is 2.60. The van der Waals surface area contributed by atoms with Gasteiger partial charge >= 0.3 is 11.9 Å². The molecule has 0 fully saturated rings. The van der Waals surface area contributed by atoms with Gasteiger partial charge in [-0.15, -0.1) is 0 Å². The van der Waals surface area contributed by atoms with Crippen molar-refractivity contribution in [1.29, 1.82) is 10.8 Å². The minimum atomic E-state index is -2.12. The number of aliphatic hydroxyl groups excluding tert-OH is 2. The topological polar surface area (TPSA) is 863 Å². The number of aromatic hydroxyl groups is 2. The molecule has 0 aliphatic heterocycles. The van der Waals surface area contributed by atoms with Crippen LogP contribution in [0.4, 0.5) is 0 Å². The molecule has 52 heteroatoms. The number of hydrogen-bond donors (Lipinski definition) is 32. The molecule has 50 nitrogen and oxygen atoms in total. The van der Waals surface area contributed by atoms with Gasteiger partial charge in [0, 0.05) is 32.4 Å². The van der Waals surface area contributed by atoms with Crippen LogP contribution < -0.4 is 131 Å². The van der Waals surface area contributed by atoms with E-state index >= 15 is 0 Å². The zero-order valence-corrected chi connectivity index (χ0v) is 82.0. The number of nitrogens with two attached hydrogens (primary N) is 7. The molecular formula is C88H148N26O24S2. The third kappa shape index (κ3) is 50.4. The average Bonchev–Trinajstić information content (AvgIpc) is 0.845. The van der Waals surface area contributed by atoms with Crippen molar-refractivity contribution in [1.82, 2.24) is 90.4 Å². The van der Waals surface area contributed by atoms with Crippen molar-refractivity contribution < 1.29 is 117 Å². The number of nitrogens with one attached hydrogen (secondary N) is 19. The molecule has 0 heterocycles. The van der Waals surface area contributed by atoms with E-state index in [9.17, 15) is 117 Å². The van der Waals surface area contributed by atoms with Gasteiger partial charge in [0.25, 0.3) is 0 Å². The normalized spacial score (nSPS) is 14.6. The van der Waals surface area contributed by atoms with Gasteiger partial charge in [-0.25, -0.2) is 4.79 Å². The molecule has 16 amide bonds. The number of thioether (sulfide) groups is 2. The highest BCUT2D eigenvalue weighted by atomic mass is 32.2. The van der Waals surface area contributed by atoms with Crippen molar-refractivity contribution >= 4 is 142 Å². The first kappa shape index (κ1) is 124. The number of phenols is 2. The molecule has 0 radical (unpaired) electrons. The van der Waals surface area contributed by atoms with Crippen molar-refractivity contribution in [3.8, 4) is 11.5 Å². The predicted octanol–water partition coefficient (Wildman–Crippen LogP) is -7.18. The molecule has 0 saturated carbocycles. The highest BCUT2D eigenvalue weighted by molar-refractivity contribution is 7.98. The van der Waals surface area contributed by atoms with Gasteiger partial charge in [-0.2, -0.15) is 23.5 Å². The molecule has 0 unspecified atom stereocenters. The minimum Gasteiger partial charge on any atom is -0.508 e. The van der Waals surface area contributed by atoms with Gasteiger partial charge in [0.05, 0.1) is 31.7 Å². The lowest BCUT2D eigenvalue weighted by Crippen LogP contribution is -2.62. The number of aliphatic carboxylic acids is 2. The van der Waals surface area contributed by atoms with Crippen LogP contribution in [0.3, 0.4) is 0 Å². The predicted molar refractivity (Wildman–Crippen MR) is 521 cm³/mol. The summed E-state index contributed by atoms with van der Waals surface area (Å²) in [7, 11) is 0. The second-order valence-electron chi connectivity index (χ2n) is 34.4. The molecule has 39 N–H and O–H groups in total. The molecule has 0 bridgehead atoms. The fraction of sp³-hybridized carbons (Fsp3) is 0.636. The van der Waals surface area contributed by atoms with Crippen LogP contribution in [0.2, 0.25) is 0 Å². The maximum Gasteiger partial charge on any atom is 0.326 e. The average molecular weight is 2020 g/mol. The third-order valence-corrected chi connectivity index (χ3v) is 22.8. The smallest absolute Gasteiger partial charge is 0.326 e. The number of hydrogen-bond acceptors (Lipinski definition) is 30. The number of rotatable bonds is 72. The molecule has 786 valence electrons. The Morgan fingerprint density at radius 1 is 0.364 bits per heavy atom. The molecule has 0 saturated heterocycles. The fourth-order valence-electron chi connectivity index (χ4n) is 13.9. The first-order valence-electron chi connectivity index (χ1n) is 46.3. The quantitative estimate of drug-likeness (QED) is 0.0166. The number of carbonyl (C=O) groups is 18. The molecule has 0 aliphatic carbocycles. The lowest BCUT2D eigenvalue weighted by Gasteiger charge is -2.29. The summed E-state index contributed by atoms with van der Waals surface area (Å²) in [4.78, 5) is 252. The Labute approximate surface area is 821 Å². The van der Waals surface area contributed by atoms with E-state index in [0.29, 0.717) is 36.1 Å². The molecule has 0 aliphatic rings. The molecule has 2 rings (SSSR count). The Bertz CT molecular complexity index is 4360. The number of guanidine groups is 2. The largest absolute Gasteiger partial charge is 0.508 e. The number of primary amides is 1. The molecule has 16 atom stereocenters. The van der Waals surface area contributed by atoms with Crippen molar-refractivity contribution in [3.05, 3.63) is 59.7 Å². The molecule has 0 spiro atoms. The summed E-state index contributed by atoms with van der Waals surface area (Å²) in [6.45, 7) is 6.36. The summed E-state index contributed by atoms with van der Waals surface area (Å²) in [5.41, 5.74) is 40.8. The molecule has 140 heavy (non-hydrogen) atoms. The van der Waals surface area contributed by atoms with Crippen molar-refractivity contribution in [2.75, 3.05) is 69.9 Å². The number of benzene rings is 2. The van der Waals surface area contributed by atoms with E-state index in [0.717, 1.165) is 6.92 Å². The summed E-state index contributed by atoms with van der Waals surface area (Å²) in [6, 6.07) is -13.3. The standard InChI is InChI=1S/C88H148N26O24S2/c1-47(2)40-62(109-74(125)56(17-9-12-34-90)102-73(124)55(16-8-11-33-89)103-78(129)60(29-30-68(93)119)107-81(132)63(42-50-21-25-52(117)26-22-50)101-69(120)45-100-72(123)54(92)31-38-139-6)80(131)105-59(20-15-37-99-88(96)97)77(128)113-67(46-115)84(135)108-61(32-39-140-7)79(130)114-71(49(5)116)85(136)111-65(44-70(121)122)83(134)104-57(18-10-13-35-91)75(126)110-64(43-51-23-27-53(118)28-24-51)82(133)106-58(19-14-36-98-87(94)95)76(127)112-66(86(137)138)41-48(3)4/h21-28,47-49,54-67,71,115-118H,8-20,29-46,89-92H2,1-7H3,(H2,93,119)(H,100,123)(H,101,120)(H,102,124)(H,103,129)(H,104,134)(H,105,131)(H,106,133)(H,107,132)(H,108,135)(H,109,125)(H,110,126)(H,111,136)(H,112,127)(H,113,128)(H,114,130)(H,121,122)(H,137,138)(H4,94,95,98)(H4,96,97,99)/t49-,54+,55+,56+,57+,58+,59-,60+,61+,62+,63+,64+,65+,66+,67+,71+/m1/s1. The van der Waals surface area contributed by atoms with Gasteiger partial charge in [0.2, 0.25) is 94.5 Å². The van der Waals surface area contributed by atoms with Crippen molar-refractivity contribution in [3.63, 3.8) is 0 Å². The molecule has 0 aromatic heterocycles. The zero-order chi connectivity index (χ0) is 105. The fourth-order valence-corrected chi connectivity index (χ4v) is 14.9. The van der Waals surface area contributed by atoms with E-state index in [1.807, 2.05) is 6.26 Å². The number of amides is 16. The molecular weight excluding hydrogens is 1870 g/mol. The summed E-state index contributed by atoms with van der Waals surface area (Å²) < 4.78 is 0.